The van der Waals surface area contributed by atoms with Crippen LogP contribution in [0.25, 0.3) is 32.3 Å². The number of amides is 7. The highest BCUT2D eigenvalue weighted by Crippen LogP contribution is 2.35. The van der Waals surface area contributed by atoms with Crippen LogP contribution < -0.4 is 61.2 Å². The molecule has 0 bridgehead atoms. The van der Waals surface area contributed by atoms with E-state index in [0.717, 1.165) is 68.0 Å². The molecule has 0 spiro atoms. The first-order valence-electron chi connectivity index (χ1n) is 44.5. The van der Waals surface area contributed by atoms with Crippen molar-refractivity contribution in [2.45, 2.75) is 144 Å². The van der Waals surface area contributed by atoms with Gasteiger partial charge in [-0.25, -0.2) is 24.5 Å². The number of aromatic nitrogens is 3. The summed E-state index contributed by atoms with van der Waals surface area (Å²) in [6, 6.07) is 66.8. The van der Waals surface area contributed by atoms with Crippen molar-refractivity contribution in [3.63, 3.8) is 0 Å². The van der Waals surface area contributed by atoms with Crippen LogP contribution in [0.15, 0.2) is 237 Å². The number of hydrogen-bond donors (Lipinski definition) is 6. The fourth-order valence-corrected chi connectivity index (χ4v) is 32.5. The lowest BCUT2D eigenvalue weighted by Crippen LogP contribution is -2.59. The van der Waals surface area contributed by atoms with E-state index in [1.807, 2.05) is 216 Å². The van der Waals surface area contributed by atoms with Crippen molar-refractivity contribution in [3.05, 3.63) is 276 Å². The number of carbonyl (C=O) groups is 8. The number of nitrogens with one attached hydrogen (secondary N) is 5. The standard InChI is InChI=1S/C35H39N5O5.C30H31N5O3.C18H14ClNO2.C18H27N3O3.S10/c1-22-20-39(21-23(2)40(22)34(43)45-35(3,4)5)26-12-10-24(11-13-26)32(41)38-31-19-28(16-17-37-31)44-27-14-15-29-25(18-27)8-7-9-30(29)33(42)36-6;1-19-17-35(18-20(2)33-19)23-9-7-21(8-10-23)29(36)34-28-16-25(13-14-32-28)38-24-11-12-26-22(15-24)5-4-6-27(26)30(37)31-3;1-2-17(21)16-5-3-4-12-10-13(6-7-15(12)16)22-14-8-9-20-18(19)11-14;1-12-10-20(15-8-6-14(7-9-15)16(19)22)11-13(2)21(12)17(23)24-18(3,4)5;1-3-5-7-9-10-8-6-4-2/h7-19,22-23H,20-21H2,1-6H3,(H,36,42)(H,37,38,41);4-16,19-20,33H,17-18H2,1-3H3,(H,31,37)(H,32,34,36);3-11H,2H2,1H3;6-9,12-13H,10-11H2,1-5H3,(H2,19,22);/t22-,23+;19-,20+;;12-,13+;. The maximum Gasteiger partial charge on any atom is 0.410 e. The first-order valence-corrected chi connectivity index (χ1v) is 56.8. The van der Waals surface area contributed by atoms with Gasteiger partial charge in [-0.05, 0) is 273 Å². The van der Waals surface area contributed by atoms with E-state index in [-0.39, 0.29) is 65.8 Å². The lowest BCUT2D eigenvalue weighted by Gasteiger charge is -2.45. The number of benzene rings is 9. The SMILES string of the molecule is CCC(=O)c1cccc2cc(Oc3ccnc(Cl)c3)ccc12.CNC(=O)c1cccc2cc(Oc3ccnc(NC(=O)c4ccc(N5C[C@@H](C)N(C(=O)OC(C)(C)C)[C@@H](C)C5)cc4)c3)ccc12.CNC(=O)c1cccc2cc(Oc3ccnc(NC(=O)c4ccc(N5C[C@@H](C)N[C@@H](C)C5)cc4)c3)ccc12.C[C@@H]1CN(c2ccc(C(N)=O)cc2)C[C@H](C)N1C(=O)OC(C)(C)C.S=S=S=S=S=S=S=S=S=S. The quantitative estimate of drug-likeness (QED) is 0.0343. The molecule has 7 amide bonds. The van der Waals surface area contributed by atoms with Crippen LogP contribution in [0, 0.1) is 0 Å². The Labute approximate surface area is 847 Å². The molecule has 6 atom stereocenters. The molecule has 3 aromatic heterocycles. The molecular weight excluding hydrogens is 1970 g/mol. The number of halogens is 1. The fraction of sp³-hybridized carbons (Fsp3) is 0.297. The van der Waals surface area contributed by atoms with Gasteiger partial charge >= 0.3 is 12.2 Å². The number of ketones is 1. The van der Waals surface area contributed by atoms with Crippen LogP contribution >= 0.6 is 11.6 Å². The third-order valence-electron chi connectivity index (χ3n) is 21.8. The van der Waals surface area contributed by atoms with E-state index in [4.69, 9.17) is 41.0 Å². The Morgan fingerprint density at radius 3 is 1.07 bits per heavy atom. The molecule has 12 aromatic rings. The molecule has 6 heterocycles. The molecule has 0 unspecified atom stereocenters. The zero-order valence-corrected chi connectivity index (χ0v) is 88.3. The van der Waals surface area contributed by atoms with Gasteiger partial charge in [0, 0.05) is 253 Å². The second kappa shape index (κ2) is 51.3. The van der Waals surface area contributed by atoms with Crippen molar-refractivity contribution >= 4 is 214 Å². The van der Waals surface area contributed by atoms with Crippen molar-refractivity contribution < 1.29 is 62.0 Å². The van der Waals surface area contributed by atoms with Gasteiger partial charge in [-0.3, -0.25) is 38.6 Å². The molecule has 27 nitrogen and oxygen atoms in total. The van der Waals surface area contributed by atoms with Crippen molar-refractivity contribution in [2.24, 2.45) is 5.73 Å². The Bertz CT molecular complexity index is 6790. The maximum absolute atomic E-state index is 13.1. The number of piperazine rings is 3. The second-order valence-electron chi connectivity index (χ2n) is 34.7. The topological polar surface area (TPSA) is 324 Å². The Hall–Kier alpha value is -12.0. The van der Waals surface area contributed by atoms with Gasteiger partial charge in [0.1, 0.15) is 62.5 Å². The molecule has 3 fully saturated rings. The number of rotatable bonds is 18. The summed E-state index contributed by atoms with van der Waals surface area (Å²) in [5.74, 6) is 3.19. The minimum absolute atomic E-state index is 0.0272. The summed E-state index contributed by atoms with van der Waals surface area (Å²) in [6.07, 6.45) is 4.67. The van der Waals surface area contributed by atoms with Crippen LogP contribution in [0.2, 0.25) is 5.15 Å². The smallest absolute Gasteiger partial charge is 0.410 e. The summed E-state index contributed by atoms with van der Waals surface area (Å²) in [5, 5.41) is 20.3. The van der Waals surface area contributed by atoms with Gasteiger partial charge in [-0.2, -0.15) is 0 Å². The lowest BCUT2D eigenvalue weighted by atomic mass is 10.00. The molecule has 38 heteroatoms. The first kappa shape index (κ1) is 107. The molecule has 7 N–H and O–H groups in total. The molecule has 730 valence electrons. The summed E-state index contributed by atoms with van der Waals surface area (Å²) in [5.41, 5.74) is 10.8. The molecular formula is C101H111ClN14O13S10. The summed E-state index contributed by atoms with van der Waals surface area (Å²) in [4.78, 5) is 122. The molecule has 0 saturated carbocycles. The van der Waals surface area contributed by atoms with E-state index in [9.17, 15) is 38.4 Å². The Kier molecular flexibility index (Phi) is 39.6. The van der Waals surface area contributed by atoms with Crippen molar-refractivity contribution in [1.29, 1.82) is 0 Å². The van der Waals surface area contributed by atoms with Gasteiger partial charge in [0.2, 0.25) is 5.91 Å². The maximum atomic E-state index is 13.1. The Balaban J connectivity index is 0.000000177. The van der Waals surface area contributed by atoms with Crippen molar-refractivity contribution in [3.8, 4) is 34.5 Å². The third-order valence-corrected chi connectivity index (χ3v) is 37.5. The van der Waals surface area contributed by atoms with E-state index in [2.05, 4.69) is 92.5 Å². The summed E-state index contributed by atoms with van der Waals surface area (Å²) in [7, 11) is 15.9. The highest BCUT2D eigenvalue weighted by molar-refractivity contribution is 8.73. The minimum atomic E-state index is -0.550. The van der Waals surface area contributed by atoms with E-state index < -0.39 is 17.1 Å². The summed E-state index contributed by atoms with van der Waals surface area (Å²) >= 11 is 15.2. The van der Waals surface area contributed by atoms with E-state index in [0.29, 0.717) is 124 Å². The molecule has 3 saturated heterocycles. The van der Waals surface area contributed by atoms with Crippen LogP contribution in [-0.2, 0) is 103 Å². The number of hydrogen-bond acceptors (Lipinski definition) is 22. The monoisotopic (exact) mass is 2080 g/mol. The molecule has 0 aliphatic carbocycles. The number of fused-ring (bicyclic) bond motifs is 3. The largest absolute Gasteiger partial charge is 0.457 e. The normalized spacial score (nSPS) is 16.0. The van der Waals surface area contributed by atoms with Crippen molar-refractivity contribution in [2.75, 3.05) is 78.7 Å². The fourth-order valence-electron chi connectivity index (χ4n) is 15.9. The number of nitrogens with two attached hydrogens (primary N) is 1. The number of Topliss-reactive ketones (excluding diaryl/α,β-unsaturated/α-hetero) is 1. The number of anilines is 5. The highest BCUT2D eigenvalue weighted by atomic mass is 35.5. The molecule has 139 heavy (non-hydrogen) atoms. The van der Waals surface area contributed by atoms with Gasteiger partial charge in [0.25, 0.3) is 23.6 Å². The zero-order chi connectivity index (χ0) is 100. The predicted octanol–water partition coefficient (Wildman–Crippen LogP) is 19.2. The second-order valence-corrected chi connectivity index (χ2v) is 49.2. The highest BCUT2D eigenvalue weighted by Gasteiger charge is 2.38. The number of ether oxygens (including phenoxy) is 5. The minimum Gasteiger partial charge on any atom is -0.457 e. The lowest BCUT2D eigenvalue weighted by molar-refractivity contribution is 0.00449. The number of carbonyl (C=O) groups excluding carboxylic acids is 8. The van der Waals surface area contributed by atoms with Crippen molar-refractivity contribution in [1.82, 2.24) is 40.7 Å². The zero-order valence-electron chi connectivity index (χ0n) is 79.4. The molecule has 0 radical (unpaired) electrons. The van der Waals surface area contributed by atoms with Gasteiger partial charge in [-0.1, -0.05) is 61.0 Å². The summed E-state index contributed by atoms with van der Waals surface area (Å²) < 4.78 is 29.0. The Morgan fingerprint density at radius 1 is 0.410 bits per heavy atom. The van der Waals surface area contributed by atoms with E-state index in [1.54, 1.807) is 175 Å². The van der Waals surface area contributed by atoms with Crippen LogP contribution in [-0.4, -0.2) is 173 Å². The van der Waals surface area contributed by atoms with Gasteiger partial charge < -0.3 is 70.7 Å². The van der Waals surface area contributed by atoms with Gasteiger partial charge in [0.15, 0.2) is 5.78 Å². The predicted molar refractivity (Wildman–Crippen MR) is 581 cm³/mol. The number of pyridine rings is 3. The average Bonchev–Trinajstić information content (AvgIpc) is 0.811. The number of primary amides is 1. The average molecular weight is 2090 g/mol. The first-order chi connectivity index (χ1) is 66.5. The van der Waals surface area contributed by atoms with Crippen LogP contribution in [0.1, 0.15) is 159 Å². The molecule has 9 aromatic carbocycles. The van der Waals surface area contributed by atoms with Crippen LogP contribution in [0.3, 0.4) is 0 Å². The molecule has 3 aliphatic heterocycles. The number of nitrogens with zero attached hydrogens (tertiary/aromatic N) is 8. The van der Waals surface area contributed by atoms with E-state index in [1.165, 1.54) is 17.8 Å². The van der Waals surface area contributed by atoms with E-state index >= 15 is 0 Å². The van der Waals surface area contributed by atoms with Gasteiger partial charge in [-0.15, -0.1) is 0 Å². The van der Waals surface area contributed by atoms with Crippen LogP contribution in [0.4, 0.5) is 38.3 Å². The summed E-state index contributed by atoms with van der Waals surface area (Å²) in [6.45, 7) is 30.1. The van der Waals surface area contributed by atoms with Crippen LogP contribution in [0.5, 0.6) is 34.5 Å². The molecule has 3 aliphatic rings. The molecule has 15 rings (SSSR count). The van der Waals surface area contributed by atoms with Gasteiger partial charge in [0.05, 0.1) is 24.2 Å². The Morgan fingerprint density at radius 2 is 0.734 bits per heavy atom. The third kappa shape index (κ3) is 31.5.